The Kier molecular flexibility index (Phi) is 6.11. The number of nitrogens with zero attached hydrogens (tertiary/aromatic N) is 2. The molecule has 2 aromatic carbocycles. The van der Waals surface area contributed by atoms with E-state index < -0.39 is 11.0 Å². The van der Waals surface area contributed by atoms with Crippen LogP contribution in [0.5, 0.6) is 0 Å². The van der Waals surface area contributed by atoms with Crippen molar-refractivity contribution in [2.45, 2.75) is 31.7 Å². The Morgan fingerprint density at radius 1 is 0.943 bits per heavy atom. The number of benzene rings is 2. The van der Waals surface area contributed by atoms with Crippen molar-refractivity contribution >= 4 is 23.4 Å². The maximum absolute atomic E-state index is 13.0. The zero-order chi connectivity index (χ0) is 24.6. The minimum absolute atomic E-state index is 0.00935. The third-order valence-electron chi connectivity index (χ3n) is 7.57. The molecule has 1 saturated carbocycles. The van der Waals surface area contributed by atoms with Gasteiger partial charge in [0.1, 0.15) is 0 Å². The van der Waals surface area contributed by atoms with E-state index in [0.29, 0.717) is 45.0 Å². The van der Waals surface area contributed by atoms with Gasteiger partial charge >= 0.3 is 0 Å². The van der Waals surface area contributed by atoms with Crippen molar-refractivity contribution in [2.24, 2.45) is 11.1 Å². The molecular formula is C27H32N4O4. The topological polar surface area (TPSA) is 105 Å². The van der Waals surface area contributed by atoms with Gasteiger partial charge in [-0.2, -0.15) is 0 Å². The molecule has 2 saturated heterocycles. The number of anilines is 1. The third kappa shape index (κ3) is 4.56. The van der Waals surface area contributed by atoms with Crippen LogP contribution in [0.2, 0.25) is 0 Å². The summed E-state index contributed by atoms with van der Waals surface area (Å²) in [6.45, 7) is 4.98. The quantitative estimate of drug-likeness (QED) is 0.667. The van der Waals surface area contributed by atoms with Crippen molar-refractivity contribution in [1.29, 1.82) is 0 Å². The van der Waals surface area contributed by atoms with Crippen LogP contribution in [0.4, 0.5) is 5.69 Å². The molecule has 0 radical (unpaired) electrons. The zero-order valence-electron chi connectivity index (χ0n) is 20.1. The normalized spacial score (nSPS) is 20.1. The van der Waals surface area contributed by atoms with Crippen LogP contribution in [0.1, 0.15) is 36.5 Å². The fourth-order valence-corrected chi connectivity index (χ4v) is 4.65. The highest BCUT2D eigenvalue weighted by Gasteiger charge is 2.48. The van der Waals surface area contributed by atoms with Crippen molar-refractivity contribution in [3.63, 3.8) is 0 Å². The average Bonchev–Trinajstić information content (AvgIpc) is 3.61. The van der Waals surface area contributed by atoms with Crippen molar-refractivity contribution in [2.75, 3.05) is 44.7 Å². The number of carbonyl (C=O) groups is 3. The summed E-state index contributed by atoms with van der Waals surface area (Å²) in [7, 11) is 0. The predicted octanol–water partition coefficient (Wildman–Crippen LogP) is 2.49. The van der Waals surface area contributed by atoms with Crippen LogP contribution in [0.15, 0.2) is 48.5 Å². The van der Waals surface area contributed by atoms with Gasteiger partial charge in [-0.05, 0) is 54.7 Å². The van der Waals surface area contributed by atoms with Crippen LogP contribution in [0.25, 0.3) is 11.1 Å². The van der Waals surface area contributed by atoms with Gasteiger partial charge in [-0.3, -0.25) is 14.4 Å². The lowest BCUT2D eigenvalue weighted by atomic mass is 9.82. The molecule has 2 heterocycles. The molecule has 2 aliphatic heterocycles. The first kappa shape index (κ1) is 23.5. The zero-order valence-corrected chi connectivity index (χ0v) is 20.1. The standard InChI is InChI=1S/C27H32N4O4/c1-2-26(17-35-18-26)24(33)29-22-5-3-4-21(16-22)19-6-8-20(9-7-19)23(32)30-12-14-31(15-13-30)25(34)27(28)10-11-27/h3-9,16H,2,10-15,17-18,28H2,1H3,(H,29,33). The fraction of sp³-hybridized carbons (Fsp3) is 0.444. The molecule has 3 aliphatic rings. The molecule has 8 heteroatoms. The molecular weight excluding hydrogens is 444 g/mol. The van der Waals surface area contributed by atoms with E-state index in [-0.39, 0.29) is 17.7 Å². The van der Waals surface area contributed by atoms with E-state index in [1.54, 1.807) is 9.80 Å². The lowest BCUT2D eigenvalue weighted by Crippen LogP contribution is -2.55. The smallest absolute Gasteiger partial charge is 0.253 e. The molecule has 35 heavy (non-hydrogen) atoms. The number of carbonyl (C=O) groups excluding carboxylic acids is 3. The molecule has 0 atom stereocenters. The lowest BCUT2D eigenvalue weighted by Gasteiger charge is -2.39. The van der Waals surface area contributed by atoms with Gasteiger partial charge in [0, 0.05) is 37.4 Å². The highest BCUT2D eigenvalue weighted by atomic mass is 16.5. The second-order valence-corrected chi connectivity index (χ2v) is 9.98. The highest BCUT2D eigenvalue weighted by Crippen LogP contribution is 2.35. The van der Waals surface area contributed by atoms with Crippen LogP contribution < -0.4 is 11.1 Å². The molecule has 0 unspecified atom stereocenters. The van der Waals surface area contributed by atoms with Crippen LogP contribution in [-0.2, 0) is 14.3 Å². The summed E-state index contributed by atoms with van der Waals surface area (Å²) < 4.78 is 5.27. The van der Waals surface area contributed by atoms with Crippen molar-refractivity contribution in [1.82, 2.24) is 9.80 Å². The Balaban J connectivity index is 1.21. The molecule has 8 nitrogen and oxygen atoms in total. The summed E-state index contributed by atoms with van der Waals surface area (Å²) in [5, 5.41) is 3.03. The lowest BCUT2D eigenvalue weighted by molar-refractivity contribution is -0.156. The Bertz CT molecular complexity index is 1120. The Hall–Kier alpha value is -3.23. The number of piperazine rings is 1. The van der Waals surface area contributed by atoms with Crippen LogP contribution in [-0.4, -0.2) is 72.5 Å². The number of nitrogens with one attached hydrogen (secondary N) is 1. The number of hydrogen-bond donors (Lipinski definition) is 2. The molecule has 1 aliphatic carbocycles. The van der Waals surface area contributed by atoms with E-state index in [4.69, 9.17) is 10.5 Å². The second-order valence-electron chi connectivity index (χ2n) is 9.98. The van der Waals surface area contributed by atoms with Crippen LogP contribution >= 0.6 is 0 Å². The fourth-order valence-electron chi connectivity index (χ4n) is 4.65. The summed E-state index contributed by atoms with van der Waals surface area (Å²) in [4.78, 5) is 41.7. The van der Waals surface area contributed by atoms with E-state index >= 15 is 0 Å². The van der Waals surface area contributed by atoms with E-state index in [1.807, 2.05) is 55.5 Å². The maximum atomic E-state index is 13.0. The molecule has 0 bridgehead atoms. The molecule has 5 rings (SSSR count). The first-order valence-electron chi connectivity index (χ1n) is 12.3. The minimum Gasteiger partial charge on any atom is -0.379 e. The van der Waals surface area contributed by atoms with Gasteiger partial charge < -0.3 is 25.6 Å². The molecule has 0 aromatic heterocycles. The summed E-state index contributed by atoms with van der Waals surface area (Å²) in [6.07, 6.45) is 2.25. The Labute approximate surface area is 205 Å². The monoisotopic (exact) mass is 476 g/mol. The van der Waals surface area contributed by atoms with Gasteiger partial charge in [-0.15, -0.1) is 0 Å². The first-order valence-corrected chi connectivity index (χ1v) is 12.3. The van der Waals surface area contributed by atoms with Gasteiger partial charge in [0.05, 0.1) is 24.2 Å². The van der Waals surface area contributed by atoms with Gasteiger partial charge in [0.15, 0.2) is 0 Å². The molecule has 2 aromatic rings. The van der Waals surface area contributed by atoms with Crippen molar-refractivity contribution in [3.05, 3.63) is 54.1 Å². The molecule has 0 spiro atoms. The number of amides is 3. The van der Waals surface area contributed by atoms with Gasteiger partial charge in [-0.25, -0.2) is 0 Å². The Morgan fingerprint density at radius 3 is 2.17 bits per heavy atom. The molecule has 3 amide bonds. The van der Waals surface area contributed by atoms with Crippen molar-refractivity contribution in [3.8, 4) is 11.1 Å². The average molecular weight is 477 g/mol. The van der Waals surface area contributed by atoms with E-state index in [2.05, 4.69) is 5.32 Å². The number of ether oxygens (including phenoxy) is 1. The minimum atomic E-state index is -0.662. The summed E-state index contributed by atoms with van der Waals surface area (Å²) in [6, 6.07) is 15.2. The van der Waals surface area contributed by atoms with Gasteiger partial charge in [0.2, 0.25) is 11.8 Å². The first-order chi connectivity index (χ1) is 16.8. The summed E-state index contributed by atoms with van der Waals surface area (Å²) in [5.41, 5.74) is 8.22. The van der Waals surface area contributed by atoms with Crippen molar-refractivity contribution < 1.29 is 19.1 Å². The molecule has 3 fully saturated rings. The van der Waals surface area contributed by atoms with Crippen LogP contribution in [0, 0.1) is 5.41 Å². The number of hydrogen-bond acceptors (Lipinski definition) is 5. The maximum Gasteiger partial charge on any atom is 0.253 e. The predicted molar refractivity (Wildman–Crippen MR) is 133 cm³/mol. The number of nitrogens with two attached hydrogens (primary N) is 1. The largest absolute Gasteiger partial charge is 0.379 e. The van der Waals surface area contributed by atoms with E-state index in [1.165, 1.54) is 0 Å². The van der Waals surface area contributed by atoms with Gasteiger partial charge in [0.25, 0.3) is 5.91 Å². The highest BCUT2D eigenvalue weighted by molar-refractivity contribution is 5.97. The summed E-state index contributed by atoms with van der Waals surface area (Å²) in [5.74, 6) is -0.0331. The summed E-state index contributed by atoms with van der Waals surface area (Å²) >= 11 is 0. The third-order valence-corrected chi connectivity index (χ3v) is 7.57. The molecule has 184 valence electrons. The van der Waals surface area contributed by atoms with Crippen LogP contribution in [0.3, 0.4) is 0 Å². The number of rotatable bonds is 6. The van der Waals surface area contributed by atoms with Gasteiger partial charge in [-0.1, -0.05) is 31.2 Å². The van der Waals surface area contributed by atoms with E-state index in [9.17, 15) is 14.4 Å². The molecule has 3 N–H and O–H groups in total. The second kappa shape index (κ2) is 9.09. The van der Waals surface area contributed by atoms with E-state index in [0.717, 1.165) is 36.1 Å². The Morgan fingerprint density at radius 2 is 1.60 bits per heavy atom. The SMILES string of the molecule is CCC1(C(=O)Nc2cccc(-c3ccc(C(=O)N4CCN(C(=O)C5(N)CC5)CC4)cc3)c2)COC1.